The molecule has 50 heavy (non-hydrogen) atoms. The number of hydrogen-bond acceptors (Lipinski definition) is 5. The van der Waals surface area contributed by atoms with Gasteiger partial charge in [0.05, 0.1) is 11.6 Å². The van der Waals surface area contributed by atoms with Crippen molar-refractivity contribution in [3.05, 3.63) is 40.8 Å². The molecule has 2 amide bonds. The van der Waals surface area contributed by atoms with Crippen molar-refractivity contribution < 1.29 is 27.8 Å². The fourth-order valence-corrected chi connectivity index (χ4v) is 10.3. The van der Waals surface area contributed by atoms with E-state index in [1.165, 1.54) is 43.2 Å². The first-order chi connectivity index (χ1) is 23.8. The fourth-order valence-electron chi connectivity index (χ4n) is 9.50. The summed E-state index contributed by atoms with van der Waals surface area (Å²) in [6.07, 6.45) is 11.6. The summed E-state index contributed by atoms with van der Waals surface area (Å²) in [7, 11) is 11.4. The van der Waals surface area contributed by atoms with Gasteiger partial charge in [-0.05, 0) is 141 Å². The van der Waals surface area contributed by atoms with Gasteiger partial charge in [-0.25, -0.2) is 9.18 Å². The minimum atomic E-state index is -2.70. The molecule has 3 aliphatic carbocycles. The summed E-state index contributed by atoms with van der Waals surface area (Å²) < 4.78 is 37.2. The van der Waals surface area contributed by atoms with Crippen LogP contribution in [0.15, 0.2) is 29.7 Å². The van der Waals surface area contributed by atoms with Crippen LogP contribution in [0.1, 0.15) is 114 Å². The van der Waals surface area contributed by atoms with Gasteiger partial charge < -0.3 is 19.3 Å². The highest BCUT2D eigenvalue weighted by Crippen LogP contribution is 2.61. The van der Waals surface area contributed by atoms with E-state index in [0.29, 0.717) is 49.1 Å². The van der Waals surface area contributed by atoms with Crippen LogP contribution in [0.3, 0.4) is 0 Å². The first-order valence-electron chi connectivity index (χ1n) is 19.0. The van der Waals surface area contributed by atoms with Crippen molar-refractivity contribution in [2.75, 3.05) is 32.5 Å². The van der Waals surface area contributed by atoms with Crippen LogP contribution < -0.4 is 4.74 Å². The number of thioether (sulfide) groups is 1. The molecule has 2 saturated heterocycles. The second kappa shape index (κ2) is 17.2. The molecule has 6 atom stereocenters. The molecule has 11 heteroatoms. The molecule has 6 unspecified atom stereocenters. The highest BCUT2D eigenvalue weighted by atomic mass is 32.2. The van der Waals surface area contributed by atoms with Crippen LogP contribution in [0.5, 0.6) is 5.75 Å². The Hall–Kier alpha value is -2.00. The lowest BCUT2D eigenvalue weighted by Crippen LogP contribution is -2.50. The van der Waals surface area contributed by atoms with Gasteiger partial charge in [0, 0.05) is 39.2 Å². The highest BCUT2D eigenvalue weighted by molar-refractivity contribution is 8.03. The van der Waals surface area contributed by atoms with Crippen molar-refractivity contribution >= 4 is 39.5 Å². The molecule has 4 fully saturated rings. The molecule has 4 radical (unpaired) electrons. The maximum Gasteiger partial charge on any atom is 0.415 e. The van der Waals surface area contributed by atoms with Gasteiger partial charge in [-0.2, -0.15) is 0 Å². The lowest BCUT2D eigenvalue weighted by atomic mass is 9.55. The monoisotopic (exact) mass is 708 g/mol. The third kappa shape index (κ3) is 9.13. The van der Waals surface area contributed by atoms with Gasteiger partial charge in [-0.1, -0.05) is 26.5 Å². The number of alkyl halides is 2. The van der Waals surface area contributed by atoms with Gasteiger partial charge in [0.15, 0.2) is 0 Å². The van der Waals surface area contributed by atoms with Crippen molar-refractivity contribution in [3.63, 3.8) is 0 Å². The maximum absolute atomic E-state index is 12.9. The second-order valence-electron chi connectivity index (χ2n) is 15.4. The number of benzene rings is 1. The molecular formula is C39H56B2F2N2O4S. The van der Waals surface area contributed by atoms with Crippen LogP contribution in [-0.4, -0.2) is 93.8 Å². The molecule has 6 nitrogen and oxygen atoms in total. The number of halogens is 2. The topological polar surface area (TPSA) is 59.1 Å². The maximum atomic E-state index is 12.9. The van der Waals surface area contributed by atoms with Crippen molar-refractivity contribution in [1.82, 2.24) is 9.80 Å². The summed E-state index contributed by atoms with van der Waals surface area (Å²) in [6, 6.07) is 6.66. The molecule has 0 aromatic heterocycles. The zero-order valence-corrected chi connectivity index (χ0v) is 31.3. The van der Waals surface area contributed by atoms with Crippen molar-refractivity contribution in [1.29, 1.82) is 0 Å². The SMILES string of the molecule is COC1CCC2C3CCc4cc(OC(=O)N5CCC(N6CCCCC6=O)CC5)ccc4C3CCC12C.[B]C([B])(F)C(F)CCCSC(=C)CC. The lowest BCUT2D eigenvalue weighted by molar-refractivity contribution is -0.136. The second-order valence-corrected chi connectivity index (χ2v) is 16.7. The number of likely N-dealkylation sites (tertiary alicyclic amines) is 2. The molecule has 0 bridgehead atoms. The number of fused-ring (bicyclic) bond motifs is 5. The summed E-state index contributed by atoms with van der Waals surface area (Å²) >= 11 is 1.56. The largest absolute Gasteiger partial charge is 0.415 e. The Morgan fingerprint density at radius 1 is 1.12 bits per heavy atom. The number of piperidine rings is 2. The van der Waals surface area contributed by atoms with Crippen LogP contribution in [0.2, 0.25) is 0 Å². The third-order valence-corrected chi connectivity index (χ3v) is 13.6. The predicted octanol–water partition coefficient (Wildman–Crippen LogP) is 8.26. The number of hydrogen-bond donors (Lipinski definition) is 0. The van der Waals surface area contributed by atoms with Crippen molar-refractivity contribution in [3.8, 4) is 5.75 Å². The van der Waals surface area contributed by atoms with E-state index in [0.717, 1.165) is 67.6 Å². The van der Waals surface area contributed by atoms with Crippen LogP contribution in [0.25, 0.3) is 0 Å². The summed E-state index contributed by atoms with van der Waals surface area (Å²) in [5.41, 5.74) is 0.485. The van der Waals surface area contributed by atoms with Gasteiger partial charge in [0.2, 0.25) is 5.91 Å². The lowest BCUT2D eigenvalue weighted by Gasteiger charge is -2.50. The third-order valence-electron chi connectivity index (χ3n) is 12.4. The van der Waals surface area contributed by atoms with Crippen LogP contribution in [-0.2, 0) is 16.0 Å². The molecule has 6 rings (SSSR count). The van der Waals surface area contributed by atoms with Crippen LogP contribution >= 0.6 is 11.8 Å². The fraction of sp³-hybridized carbons (Fsp3) is 0.744. The minimum Gasteiger partial charge on any atom is -0.410 e. The number of amides is 2. The van der Waals surface area contributed by atoms with E-state index in [2.05, 4.69) is 30.5 Å². The molecule has 2 saturated carbocycles. The molecular weight excluding hydrogens is 652 g/mol. The van der Waals surface area contributed by atoms with E-state index >= 15 is 0 Å². The summed E-state index contributed by atoms with van der Waals surface area (Å²) in [6.45, 7) is 10.4. The zero-order chi connectivity index (χ0) is 36.1. The van der Waals surface area contributed by atoms with E-state index in [1.807, 2.05) is 25.0 Å². The van der Waals surface area contributed by atoms with Crippen molar-refractivity contribution in [2.45, 2.75) is 133 Å². The van der Waals surface area contributed by atoms with Gasteiger partial charge in [-0.3, -0.25) is 9.18 Å². The quantitative estimate of drug-likeness (QED) is 0.181. The Bertz CT molecular complexity index is 1340. The highest BCUT2D eigenvalue weighted by Gasteiger charge is 2.55. The normalized spacial score (nSPS) is 28.9. The standard InChI is InChI=1S/C30H42N2O4.C9H14B2F2S/c1-30-15-12-24-23-9-7-22(19-20(23)6-8-25(24)26(30)10-11-27(30)35-2)36-29(34)31-17-13-21(14-18-31)32-16-4-3-5-28(32)33;1-3-7(2)14-6-4-5-8(12)9(10,11)13/h7,9,19,21,24-27H,3-6,8,10-18H2,1-2H3;8H,2-6H2,1H3. The average molecular weight is 709 g/mol. The number of carbonyl (C=O) groups is 2. The molecule has 2 aliphatic heterocycles. The molecule has 1 aromatic rings. The first-order valence-corrected chi connectivity index (χ1v) is 20.0. The Balaban J connectivity index is 0.000000296. The summed E-state index contributed by atoms with van der Waals surface area (Å²) in [5, 5.41) is 0. The number of nitrogens with zero attached hydrogens (tertiary/aromatic N) is 2. The Labute approximate surface area is 306 Å². The van der Waals surface area contributed by atoms with E-state index in [4.69, 9.17) is 25.2 Å². The summed E-state index contributed by atoms with van der Waals surface area (Å²) in [4.78, 5) is 30.1. The number of aryl methyl sites for hydroxylation is 1. The van der Waals surface area contributed by atoms with Gasteiger partial charge >= 0.3 is 6.09 Å². The molecule has 0 N–H and O–H groups in total. The van der Waals surface area contributed by atoms with Gasteiger partial charge in [-0.15, -0.1) is 11.8 Å². The van der Waals surface area contributed by atoms with E-state index in [1.54, 1.807) is 11.8 Å². The van der Waals surface area contributed by atoms with Gasteiger partial charge in [0.1, 0.15) is 27.6 Å². The molecule has 272 valence electrons. The molecule has 5 aliphatic rings. The number of allylic oxidation sites excluding steroid dienone is 1. The smallest absolute Gasteiger partial charge is 0.410 e. The van der Waals surface area contributed by atoms with Crippen LogP contribution in [0.4, 0.5) is 13.6 Å². The van der Waals surface area contributed by atoms with E-state index < -0.39 is 11.6 Å². The first kappa shape index (κ1) is 39.2. The Morgan fingerprint density at radius 3 is 2.56 bits per heavy atom. The average Bonchev–Trinajstić information content (AvgIpc) is 3.46. The Kier molecular flexibility index (Phi) is 13.5. The predicted molar refractivity (Wildman–Crippen MR) is 199 cm³/mol. The number of carbonyl (C=O) groups excluding carboxylic acids is 2. The zero-order valence-electron chi connectivity index (χ0n) is 30.5. The summed E-state index contributed by atoms with van der Waals surface area (Å²) in [5.74, 6) is 3.82. The molecule has 2 heterocycles. The molecule has 1 aromatic carbocycles. The Morgan fingerprint density at radius 2 is 1.88 bits per heavy atom. The van der Waals surface area contributed by atoms with E-state index in [-0.39, 0.29) is 24.5 Å². The number of rotatable bonds is 10. The van der Waals surface area contributed by atoms with Crippen LogP contribution in [0, 0.1) is 17.3 Å². The van der Waals surface area contributed by atoms with Crippen molar-refractivity contribution in [2.24, 2.45) is 17.3 Å². The minimum absolute atomic E-state index is 0.0491. The number of methoxy groups -OCH3 is 1. The number of ether oxygens (including phenoxy) is 2. The molecule has 0 spiro atoms. The van der Waals surface area contributed by atoms with E-state index in [9.17, 15) is 18.4 Å². The van der Waals surface area contributed by atoms with Gasteiger partial charge in [0.25, 0.3) is 0 Å².